The zero-order chi connectivity index (χ0) is 25.3. The van der Waals surface area contributed by atoms with Gasteiger partial charge in [0, 0.05) is 23.2 Å². The lowest BCUT2D eigenvalue weighted by Gasteiger charge is -2.20. The third-order valence-electron chi connectivity index (χ3n) is 6.40. The molecule has 1 aliphatic heterocycles. The lowest BCUT2D eigenvalue weighted by atomic mass is 9.95. The zero-order valence-corrected chi connectivity index (χ0v) is 20.3. The van der Waals surface area contributed by atoms with Gasteiger partial charge in [-0.1, -0.05) is 31.5 Å². The van der Waals surface area contributed by atoms with E-state index in [0.29, 0.717) is 11.3 Å². The number of nitrogens with one attached hydrogen (secondary N) is 1. The van der Waals surface area contributed by atoms with E-state index in [2.05, 4.69) is 23.3 Å². The van der Waals surface area contributed by atoms with E-state index in [1.807, 2.05) is 42.5 Å². The first-order chi connectivity index (χ1) is 17.4. The van der Waals surface area contributed by atoms with Crippen molar-refractivity contribution in [1.29, 1.82) is 0 Å². The van der Waals surface area contributed by atoms with Crippen LogP contribution >= 0.6 is 0 Å². The van der Waals surface area contributed by atoms with Crippen molar-refractivity contribution in [2.75, 3.05) is 7.11 Å². The fourth-order valence-electron chi connectivity index (χ4n) is 4.46. The molecule has 0 spiro atoms. The molecule has 1 aromatic heterocycles. The van der Waals surface area contributed by atoms with Crippen molar-refractivity contribution in [2.45, 2.75) is 32.3 Å². The van der Waals surface area contributed by atoms with Gasteiger partial charge in [0.1, 0.15) is 17.2 Å². The van der Waals surface area contributed by atoms with E-state index in [1.165, 1.54) is 0 Å². The van der Waals surface area contributed by atoms with Gasteiger partial charge in [-0.25, -0.2) is 4.79 Å². The highest BCUT2D eigenvalue weighted by Gasteiger charge is 2.46. The lowest BCUT2D eigenvalue weighted by Crippen LogP contribution is -2.33. The lowest BCUT2D eigenvalue weighted by molar-refractivity contribution is -0.130. The highest BCUT2D eigenvalue weighted by Crippen LogP contribution is 2.36. The second-order valence-electron chi connectivity index (χ2n) is 8.82. The molecule has 7 nitrogen and oxygen atoms in total. The number of carbonyl (C=O) groups excluding carboxylic acids is 2. The summed E-state index contributed by atoms with van der Waals surface area (Å²) in [6.45, 7) is 3.69. The molecule has 182 valence electrons. The standard InChI is InChI=1S/C29H26N2O5/c1-4-6-19-15-18(23-13-14-30-25-17-21(34-3)10-11-24(23)25)9-12-26(19)35-22-8-5-7-20(16-22)29(2)27(32)31-28(33)36-29/h5,7-17H,4,6H2,1-3H3,(H,31,32,33)/t29-/m1/s1. The van der Waals surface area contributed by atoms with Crippen LogP contribution in [-0.2, 0) is 21.6 Å². The summed E-state index contributed by atoms with van der Waals surface area (Å²) in [5.41, 5.74) is 3.23. The summed E-state index contributed by atoms with van der Waals surface area (Å²) in [6.07, 6.45) is 2.83. The smallest absolute Gasteiger partial charge is 0.415 e. The summed E-state index contributed by atoms with van der Waals surface area (Å²) >= 11 is 0. The second-order valence-corrected chi connectivity index (χ2v) is 8.82. The third-order valence-corrected chi connectivity index (χ3v) is 6.40. The Morgan fingerprint density at radius 1 is 1.00 bits per heavy atom. The van der Waals surface area contributed by atoms with E-state index in [1.54, 1.807) is 38.4 Å². The number of benzene rings is 3. The number of aryl methyl sites for hydroxylation is 1. The maximum atomic E-state index is 12.3. The molecule has 0 radical (unpaired) electrons. The molecule has 0 bridgehead atoms. The van der Waals surface area contributed by atoms with Crippen LogP contribution in [0.15, 0.2) is 72.9 Å². The second kappa shape index (κ2) is 9.34. The number of carbonyl (C=O) groups is 2. The van der Waals surface area contributed by atoms with E-state index < -0.39 is 17.6 Å². The maximum absolute atomic E-state index is 12.3. The molecule has 1 N–H and O–H groups in total. The van der Waals surface area contributed by atoms with E-state index in [-0.39, 0.29) is 0 Å². The van der Waals surface area contributed by atoms with Crippen molar-refractivity contribution < 1.29 is 23.8 Å². The number of rotatable bonds is 7. The number of hydrogen-bond donors (Lipinski definition) is 1. The molecular formula is C29H26N2O5. The molecule has 1 atom stereocenters. The topological polar surface area (TPSA) is 86.8 Å². The van der Waals surface area contributed by atoms with Crippen LogP contribution in [-0.4, -0.2) is 24.1 Å². The predicted molar refractivity (Wildman–Crippen MR) is 136 cm³/mol. The number of cyclic esters (lactones) is 1. The number of aromatic nitrogens is 1. The molecule has 1 aliphatic rings. The highest BCUT2D eigenvalue weighted by atomic mass is 16.6. The Bertz CT molecular complexity index is 1480. The number of imide groups is 1. The number of methoxy groups -OCH3 is 1. The minimum atomic E-state index is -1.39. The van der Waals surface area contributed by atoms with Crippen molar-refractivity contribution in [3.05, 3.63) is 84.1 Å². The fraction of sp³-hybridized carbons (Fsp3) is 0.207. The van der Waals surface area contributed by atoms with Crippen LogP contribution in [0, 0.1) is 0 Å². The summed E-state index contributed by atoms with van der Waals surface area (Å²) in [7, 11) is 1.64. The van der Waals surface area contributed by atoms with Crippen LogP contribution in [0.25, 0.3) is 22.0 Å². The Hall–Kier alpha value is -4.39. The maximum Gasteiger partial charge on any atom is 0.415 e. The Kier molecular flexibility index (Phi) is 6.06. The summed E-state index contributed by atoms with van der Waals surface area (Å²) in [4.78, 5) is 28.4. The predicted octanol–water partition coefficient (Wildman–Crippen LogP) is 6.14. The largest absolute Gasteiger partial charge is 0.497 e. The summed E-state index contributed by atoms with van der Waals surface area (Å²) in [5.74, 6) is 1.55. The van der Waals surface area contributed by atoms with Gasteiger partial charge in [-0.2, -0.15) is 0 Å². The van der Waals surface area contributed by atoms with Gasteiger partial charge in [0.2, 0.25) is 5.60 Å². The van der Waals surface area contributed by atoms with Gasteiger partial charge in [-0.15, -0.1) is 0 Å². The Morgan fingerprint density at radius 3 is 2.61 bits per heavy atom. The molecule has 7 heteroatoms. The fourth-order valence-corrected chi connectivity index (χ4v) is 4.46. The normalized spacial score (nSPS) is 17.1. The van der Waals surface area contributed by atoms with Crippen LogP contribution in [0.2, 0.25) is 0 Å². The van der Waals surface area contributed by atoms with Gasteiger partial charge in [0.05, 0.1) is 12.6 Å². The van der Waals surface area contributed by atoms with Gasteiger partial charge in [0.15, 0.2) is 0 Å². The molecule has 0 aliphatic carbocycles. The van der Waals surface area contributed by atoms with Gasteiger partial charge < -0.3 is 14.2 Å². The number of pyridine rings is 1. The molecule has 4 aromatic rings. The molecule has 3 aromatic carbocycles. The molecule has 1 fully saturated rings. The minimum absolute atomic E-state index is 0.497. The van der Waals surface area contributed by atoms with Crippen molar-refractivity contribution in [2.24, 2.45) is 0 Å². The minimum Gasteiger partial charge on any atom is -0.497 e. The SMILES string of the molecule is CCCc1cc(-c2ccnc3cc(OC)ccc23)ccc1Oc1cccc([C@@]2(C)OC(=O)NC2=O)c1. The third kappa shape index (κ3) is 4.24. The summed E-state index contributed by atoms with van der Waals surface area (Å²) < 4.78 is 16.9. The number of hydrogen-bond acceptors (Lipinski definition) is 6. The Morgan fingerprint density at radius 2 is 1.86 bits per heavy atom. The van der Waals surface area contributed by atoms with Crippen molar-refractivity contribution in [3.63, 3.8) is 0 Å². The van der Waals surface area contributed by atoms with Crippen molar-refractivity contribution in [1.82, 2.24) is 10.3 Å². The van der Waals surface area contributed by atoms with Crippen LogP contribution < -0.4 is 14.8 Å². The Labute approximate surface area is 209 Å². The summed E-state index contributed by atoms with van der Waals surface area (Å²) in [6, 6.07) is 21.1. The van der Waals surface area contributed by atoms with E-state index in [0.717, 1.165) is 51.9 Å². The summed E-state index contributed by atoms with van der Waals surface area (Å²) in [5, 5.41) is 3.23. The molecule has 2 heterocycles. The van der Waals surface area contributed by atoms with Crippen molar-refractivity contribution >= 4 is 22.9 Å². The van der Waals surface area contributed by atoms with E-state index >= 15 is 0 Å². The average molecular weight is 483 g/mol. The molecule has 0 saturated carbocycles. The average Bonchev–Trinajstić information content (AvgIpc) is 3.16. The van der Waals surface area contributed by atoms with Gasteiger partial charge in [-0.05, 0) is 72.5 Å². The molecular weight excluding hydrogens is 456 g/mol. The van der Waals surface area contributed by atoms with Crippen molar-refractivity contribution in [3.8, 4) is 28.4 Å². The van der Waals surface area contributed by atoms with Gasteiger partial charge in [-0.3, -0.25) is 15.1 Å². The monoisotopic (exact) mass is 482 g/mol. The van der Waals surface area contributed by atoms with Gasteiger partial charge >= 0.3 is 6.09 Å². The van der Waals surface area contributed by atoms with Crippen LogP contribution in [0.1, 0.15) is 31.4 Å². The number of alkyl carbamates (subject to hydrolysis) is 1. The van der Waals surface area contributed by atoms with E-state index in [4.69, 9.17) is 14.2 Å². The van der Waals surface area contributed by atoms with E-state index in [9.17, 15) is 9.59 Å². The Balaban J connectivity index is 1.49. The highest BCUT2D eigenvalue weighted by molar-refractivity contribution is 6.03. The molecule has 1 saturated heterocycles. The number of amides is 2. The molecule has 2 amide bonds. The molecule has 5 rings (SSSR count). The zero-order valence-electron chi connectivity index (χ0n) is 20.3. The molecule has 0 unspecified atom stereocenters. The van der Waals surface area contributed by atoms with Crippen LogP contribution in [0.3, 0.4) is 0 Å². The number of nitrogens with zero attached hydrogens (tertiary/aromatic N) is 1. The number of fused-ring (bicyclic) bond motifs is 1. The number of ether oxygens (including phenoxy) is 3. The first kappa shape index (κ1) is 23.4. The van der Waals surface area contributed by atoms with Gasteiger partial charge in [0.25, 0.3) is 5.91 Å². The molecule has 36 heavy (non-hydrogen) atoms. The van der Waals surface area contributed by atoms with Crippen LogP contribution in [0.4, 0.5) is 4.79 Å². The first-order valence-corrected chi connectivity index (χ1v) is 11.8. The van der Waals surface area contributed by atoms with Crippen LogP contribution in [0.5, 0.6) is 17.2 Å². The first-order valence-electron chi connectivity index (χ1n) is 11.8. The quantitative estimate of drug-likeness (QED) is 0.341.